The first-order valence-electron chi connectivity index (χ1n) is 5.04. The van der Waals surface area contributed by atoms with Crippen molar-refractivity contribution in [1.29, 1.82) is 0 Å². The second-order valence-electron chi connectivity index (χ2n) is 3.67. The molecule has 0 aromatic heterocycles. The monoisotopic (exact) mass is 267 g/mol. The molecular weight excluding hydrogens is 260 g/mol. The molecule has 2 aromatic carbocycles. The summed E-state index contributed by atoms with van der Waals surface area (Å²) in [5.41, 5.74) is 6.00. The minimum atomic E-state index is -1.08. The number of nitrogen functional groups attached to an aromatic ring is 1. The van der Waals surface area contributed by atoms with E-state index in [1.807, 2.05) is 0 Å². The van der Waals surface area contributed by atoms with Crippen molar-refractivity contribution in [3.63, 3.8) is 0 Å². The van der Waals surface area contributed by atoms with E-state index in [2.05, 4.69) is 0 Å². The van der Waals surface area contributed by atoms with Crippen LogP contribution in [0.1, 0.15) is 15.9 Å². The van der Waals surface area contributed by atoms with Crippen LogP contribution in [0, 0.1) is 11.6 Å². The standard InChI is InChI=1S/C13H8ClF2NO/c14-12-8(2-1-3-11(12)17)13(18)7-4-5-9(15)10(16)6-7/h1-6H,17H2. The van der Waals surface area contributed by atoms with E-state index >= 15 is 0 Å². The molecule has 18 heavy (non-hydrogen) atoms. The van der Waals surface area contributed by atoms with Crippen molar-refractivity contribution in [2.75, 3.05) is 5.73 Å². The molecule has 0 saturated carbocycles. The van der Waals surface area contributed by atoms with Crippen molar-refractivity contribution in [2.24, 2.45) is 0 Å². The SMILES string of the molecule is Nc1cccc(C(=O)c2ccc(F)c(F)c2)c1Cl. The molecule has 2 aromatic rings. The highest BCUT2D eigenvalue weighted by atomic mass is 35.5. The van der Waals surface area contributed by atoms with Crippen LogP contribution >= 0.6 is 11.6 Å². The average Bonchev–Trinajstić information content (AvgIpc) is 2.35. The molecule has 0 bridgehead atoms. The van der Waals surface area contributed by atoms with E-state index in [9.17, 15) is 13.6 Å². The zero-order chi connectivity index (χ0) is 13.3. The summed E-state index contributed by atoms with van der Waals surface area (Å²) >= 11 is 5.90. The first kappa shape index (κ1) is 12.5. The molecule has 2 rings (SSSR count). The maximum Gasteiger partial charge on any atom is 0.194 e. The first-order valence-corrected chi connectivity index (χ1v) is 5.42. The van der Waals surface area contributed by atoms with Gasteiger partial charge in [0.25, 0.3) is 0 Å². The van der Waals surface area contributed by atoms with Crippen LogP contribution in [0.5, 0.6) is 0 Å². The fourth-order valence-electron chi connectivity index (χ4n) is 1.52. The summed E-state index contributed by atoms with van der Waals surface area (Å²) in [5, 5.41) is 0.104. The van der Waals surface area contributed by atoms with Gasteiger partial charge in [-0.3, -0.25) is 4.79 Å². The average molecular weight is 268 g/mol. The Morgan fingerprint density at radius 3 is 2.50 bits per heavy atom. The normalized spacial score (nSPS) is 10.4. The number of anilines is 1. The van der Waals surface area contributed by atoms with Crippen molar-refractivity contribution in [2.45, 2.75) is 0 Å². The van der Waals surface area contributed by atoms with Crippen LogP contribution in [0.25, 0.3) is 0 Å². The van der Waals surface area contributed by atoms with E-state index in [0.29, 0.717) is 0 Å². The Kier molecular flexibility index (Phi) is 3.30. The maximum absolute atomic E-state index is 13.1. The highest BCUT2D eigenvalue weighted by Gasteiger charge is 2.15. The minimum absolute atomic E-state index is 0.0152. The molecule has 2 N–H and O–H groups in total. The molecule has 0 saturated heterocycles. The van der Waals surface area contributed by atoms with Crippen molar-refractivity contribution in [3.05, 3.63) is 64.2 Å². The Morgan fingerprint density at radius 2 is 1.83 bits per heavy atom. The number of benzene rings is 2. The van der Waals surface area contributed by atoms with E-state index in [-0.39, 0.29) is 21.8 Å². The van der Waals surface area contributed by atoms with Gasteiger partial charge >= 0.3 is 0 Å². The molecule has 0 fully saturated rings. The number of ketones is 1. The van der Waals surface area contributed by atoms with Crippen LogP contribution in [0.2, 0.25) is 5.02 Å². The lowest BCUT2D eigenvalue weighted by Gasteiger charge is -2.06. The van der Waals surface area contributed by atoms with Gasteiger partial charge < -0.3 is 5.73 Å². The lowest BCUT2D eigenvalue weighted by Crippen LogP contribution is -2.04. The largest absolute Gasteiger partial charge is 0.398 e. The Hall–Kier alpha value is -1.94. The first-order chi connectivity index (χ1) is 8.50. The molecule has 0 amide bonds. The molecule has 5 heteroatoms. The smallest absolute Gasteiger partial charge is 0.194 e. The third kappa shape index (κ3) is 2.19. The fourth-order valence-corrected chi connectivity index (χ4v) is 1.73. The molecule has 0 heterocycles. The van der Waals surface area contributed by atoms with Crippen molar-refractivity contribution < 1.29 is 13.6 Å². The topological polar surface area (TPSA) is 43.1 Å². The number of hydrogen-bond donors (Lipinski definition) is 1. The van der Waals surface area contributed by atoms with E-state index in [1.165, 1.54) is 12.1 Å². The summed E-state index contributed by atoms with van der Waals surface area (Å²) in [5.74, 6) is -2.60. The van der Waals surface area contributed by atoms with Crippen molar-refractivity contribution >= 4 is 23.1 Å². The van der Waals surface area contributed by atoms with Gasteiger partial charge in [0.15, 0.2) is 17.4 Å². The van der Waals surface area contributed by atoms with Gasteiger partial charge in [0.05, 0.1) is 10.7 Å². The zero-order valence-electron chi connectivity index (χ0n) is 9.08. The molecule has 0 atom stereocenters. The molecule has 0 radical (unpaired) electrons. The highest BCUT2D eigenvalue weighted by Crippen LogP contribution is 2.25. The van der Waals surface area contributed by atoms with E-state index in [0.717, 1.165) is 12.1 Å². The second kappa shape index (κ2) is 4.74. The van der Waals surface area contributed by atoms with Gasteiger partial charge in [0.1, 0.15) is 0 Å². The summed E-state index contributed by atoms with van der Waals surface area (Å²) in [6, 6.07) is 7.50. The van der Waals surface area contributed by atoms with Gasteiger partial charge in [-0.15, -0.1) is 0 Å². The predicted molar refractivity (Wildman–Crippen MR) is 65.7 cm³/mol. The number of halogens is 3. The minimum Gasteiger partial charge on any atom is -0.398 e. The van der Waals surface area contributed by atoms with Crippen LogP contribution in [-0.2, 0) is 0 Å². The van der Waals surface area contributed by atoms with Gasteiger partial charge in [-0.1, -0.05) is 17.7 Å². The third-order valence-electron chi connectivity index (χ3n) is 2.46. The van der Waals surface area contributed by atoms with Crippen LogP contribution in [0.4, 0.5) is 14.5 Å². The van der Waals surface area contributed by atoms with Gasteiger partial charge in [0.2, 0.25) is 0 Å². The molecule has 0 spiro atoms. The van der Waals surface area contributed by atoms with E-state index in [1.54, 1.807) is 12.1 Å². The molecule has 0 unspecified atom stereocenters. The summed E-state index contributed by atoms with van der Waals surface area (Å²) in [7, 11) is 0. The summed E-state index contributed by atoms with van der Waals surface area (Å²) in [6.45, 7) is 0. The lowest BCUT2D eigenvalue weighted by atomic mass is 10.0. The van der Waals surface area contributed by atoms with Crippen LogP contribution in [0.3, 0.4) is 0 Å². The summed E-state index contributed by atoms with van der Waals surface area (Å²) in [4.78, 5) is 12.1. The Labute approximate surface area is 107 Å². The Morgan fingerprint density at radius 1 is 1.11 bits per heavy atom. The lowest BCUT2D eigenvalue weighted by molar-refractivity contribution is 0.103. The Balaban J connectivity index is 2.48. The predicted octanol–water partition coefficient (Wildman–Crippen LogP) is 3.43. The number of carbonyl (C=O) groups excluding carboxylic acids is 1. The summed E-state index contributed by atoms with van der Waals surface area (Å²) < 4.78 is 25.8. The quantitative estimate of drug-likeness (QED) is 0.669. The molecule has 0 aliphatic heterocycles. The van der Waals surface area contributed by atoms with Crippen molar-refractivity contribution in [1.82, 2.24) is 0 Å². The second-order valence-corrected chi connectivity index (χ2v) is 4.04. The number of rotatable bonds is 2. The van der Waals surface area contributed by atoms with Gasteiger partial charge in [-0.2, -0.15) is 0 Å². The Bertz CT molecular complexity index is 628. The van der Waals surface area contributed by atoms with Gasteiger partial charge in [-0.25, -0.2) is 8.78 Å². The van der Waals surface area contributed by atoms with Gasteiger partial charge in [-0.05, 0) is 30.3 Å². The zero-order valence-corrected chi connectivity index (χ0v) is 9.84. The number of nitrogens with two attached hydrogens (primary N) is 1. The summed E-state index contributed by atoms with van der Waals surface area (Å²) in [6.07, 6.45) is 0. The molecular formula is C13H8ClF2NO. The molecule has 92 valence electrons. The van der Waals surface area contributed by atoms with Crippen LogP contribution < -0.4 is 5.73 Å². The van der Waals surface area contributed by atoms with Crippen LogP contribution in [-0.4, -0.2) is 5.78 Å². The van der Waals surface area contributed by atoms with Crippen molar-refractivity contribution in [3.8, 4) is 0 Å². The molecule has 2 nitrogen and oxygen atoms in total. The number of carbonyl (C=O) groups is 1. The fraction of sp³-hybridized carbons (Fsp3) is 0. The number of hydrogen-bond acceptors (Lipinski definition) is 2. The van der Waals surface area contributed by atoms with E-state index in [4.69, 9.17) is 17.3 Å². The molecule has 0 aliphatic carbocycles. The third-order valence-corrected chi connectivity index (χ3v) is 2.88. The molecule has 0 aliphatic rings. The van der Waals surface area contributed by atoms with E-state index < -0.39 is 17.4 Å². The van der Waals surface area contributed by atoms with Gasteiger partial charge in [0, 0.05) is 11.1 Å². The maximum atomic E-state index is 13.1. The highest BCUT2D eigenvalue weighted by molar-refractivity contribution is 6.37. The van der Waals surface area contributed by atoms with Crippen LogP contribution in [0.15, 0.2) is 36.4 Å².